The Balaban J connectivity index is 1.69. The summed E-state index contributed by atoms with van der Waals surface area (Å²) in [4.78, 5) is 26.8. The fourth-order valence-electron chi connectivity index (χ4n) is 3.08. The molecule has 3 rings (SSSR count). The van der Waals surface area contributed by atoms with Crippen molar-refractivity contribution in [2.75, 3.05) is 25.7 Å². The number of methoxy groups -OCH3 is 2. The molecular weight excluding hydrogens is 351 g/mol. The third-order valence-corrected chi connectivity index (χ3v) is 4.58. The second-order valence-electron chi connectivity index (χ2n) is 6.21. The molecule has 0 spiro atoms. The van der Waals surface area contributed by atoms with E-state index in [-0.39, 0.29) is 24.2 Å². The molecule has 142 valence electrons. The molecule has 0 radical (unpaired) electrons. The van der Waals surface area contributed by atoms with E-state index < -0.39 is 5.92 Å². The van der Waals surface area contributed by atoms with Crippen molar-refractivity contribution in [1.82, 2.24) is 5.32 Å². The van der Waals surface area contributed by atoms with Gasteiger partial charge < -0.3 is 19.7 Å². The van der Waals surface area contributed by atoms with E-state index in [1.807, 2.05) is 0 Å². The summed E-state index contributed by atoms with van der Waals surface area (Å²) in [5.41, 5.74) is 1.34. The average Bonchev–Trinajstić information content (AvgIpc) is 3.08. The number of hydrogen-bond donors (Lipinski definition) is 1. The number of nitrogens with one attached hydrogen (secondary N) is 1. The largest absolute Gasteiger partial charge is 0.497 e. The lowest BCUT2D eigenvalue weighted by Gasteiger charge is -2.20. The molecule has 1 atom stereocenters. The molecule has 1 heterocycles. The molecule has 1 aliphatic rings. The number of amides is 2. The first-order chi connectivity index (χ1) is 13.0. The van der Waals surface area contributed by atoms with Gasteiger partial charge in [-0.2, -0.15) is 0 Å². The van der Waals surface area contributed by atoms with Crippen molar-refractivity contribution in [2.24, 2.45) is 5.92 Å². The predicted molar refractivity (Wildman–Crippen MR) is 98.3 cm³/mol. The number of rotatable bonds is 6. The normalized spacial score (nSPS) is 16.3. The van der Waals surface area contributed by atoms with Gasteiger partial charge in [0, 0.05) is 19.2 Å². The molecule has 1 N–H and O–H groups in total. The van der Waals surface area contributed by atoms with Crippen molar-refractivity contribution in [2.45, 2.75) is 13.0 Å². The van der Waals surface area contributed by atoms with Crippen LogP contribution in [0.3, 0.4) is 0 Å². The van der Waals surface area contributed by atoms with Crippen LogP contribution in [0.1, 0.15) is 12.0 Å². The van der Waals surface area contributed by atoms with Crippen molar-refractivity contribution < 1.29 is 23.5 Å². The fourth-order valence-corrected chi connectivity index (χ4v) is 3.08. The van der Waals surface area contributed by atoms with Crippen molar-refractivity contribution in [1.29, 1.82) is 0 Å². The summed E-state index contributed by atoms with van der Waals surface area (Å²) in [6, 6.07) is 11.0. The van der Waals surface area contributed by atoms with Gasteiger partial charge in [-0.1, -0.05) is 12.1 Å². The van der Waals surface area contributed by atoms with E-state index in [4.69, 9.17) is 9.47 Å². The zero-order chi connectivity index (χ0) is 19.4. The van der Waals surface area contributed by atoms with Crippen molar-refractivity contribution in [3.63, 3.8) is 0 Å². The summed E-state index contributed by atoms with van der Waals surface area (Å²) in [5.74, 6) is -0.577. The third kappa shape index (κ3) is 4.02. The molecule has 0 aromatic heterocycles. The number of carbonyl (C=O) groups excluding carboxylic acids is 2. The highest BCUT2D eigenvalue weighted by Crippen LogP contribution is 2.36. The molecule has 27 heavy (non-hydrogen) atoms. The van der Waals surface area contributed by atoms with E-state index in [9.17, 15) is 14.0 Å². The molecule has 0 saturated carbocycles. The van der Waals surface area contributed by atoms with Crippen LogP contribution in [0.25, 0.3) is 0 Å². The number of nitrogens with zero attached hydrogens (tertiary/aromatic N) is 1. The van der Waals surface area contributed by atoms with Crippen molar-refractivity contribution in [3.05, 3.63) is 53.8 Å². The standard InChI is InChI=1S/C20H21FN2O4/c1-26-15-7-8-18(27-2)17(11-15)23-10-9-16(20(23)25)19(24)22-12-13-3-5-14(21)6-4-13/h3-8,11,16H,9-10,12H2,1-2H3,(H,22,24)/t16-/m0/s1. The molecule has 2 aromatic rings. The summed E-state index contributed by atoms with van der Waals surface area (Å²) in [6.07, 6.45) is 0.411. The van der Waals surface area contributed by atoms with Crippen LogP contribution in [-0.2, 0) is 16.1 Å². The SMILES string of the molecule is COc1ccc(OC)c(N2CC[C@@H](C(=O)NCc3ccc(F)cc3)C2=O)c1. The highest BCUT2D eigenvalue weighted by atomic mass is 19.1. The van der Waals surface area contributed by atoms with Crippen LogP contribution in [0.4, 0.5) is 10.1 Å². The molecular formula is C20H21FN2O4. The second-order valence-corrected chi connectivity index (χ2v) is 6.21. The quantitative estimate of drug-likeness (QED) is 0.792. The van der Waals surface area contributed by atoms with Gasteiger partial charge in [-0.05, 0) is 36.2 Å². The maximum absolute atomic E-state index is 12.9. The monoisotopic (exact) mass is 372 g/mol. The van der Waals surface area contributed by atoms with E-state index in [0.29, 0.717) is 30.2 Å². The van der Waals surface area contributed by atoms with Crippen LogP contribution in [0, 0.1) is 11.7 Å². The van der Waals surface area contributed by atoms with Crippen LogP contribution < -0.4 is 19.7 Å². The van der Waals surface area contributed by atoms with Crippen LogP contribution in [0.15, 0.2) is 42.5 Å². The number of halogens is 1. The fraction of sp³-hybridized carbons (Fsp3) is 0.300. The molecule has 1 aliphatic heterocycles. The van der Waals surface area contributed by atoms with Gasteiger partial charge in [0.15, 0.2) is 0 Å². The Morgan fingerprint density at radius 2 is 1.93 bits per heavy atom. The maximum atomic E-state index is 12.9. The van der Waals surface area contributed by atoms with Gasteiger partial charge in [-0.15, -0.1) is 0 Å². The topological polar surface area (TPSA) is 67.9 Å². The van der Waals surface area contributed by atoms with Gasteiger partial charge in [-0.25, -0.2) is 4.39 Å². The lowest BCUT2D eigenvalue weighted by molar-refractivity contribution is -0.132. The minimum absolute atomic E-state index is 0.241. The van der Waals surface area contributed by atoms with Crippen molar-refractivity contribution in [3.8, 4) is 11.5 Å². The Morgan fingerprint density at radius 3 is 2.59 bits per heavy atom. The maximum Gasteiger partial charge on any atom is 0.239 e. The minimum Gasteiger partial charge on any atom is -0.497 e. The molecule has 2 aromatic carbocycles. The first-order valence-electron chi connectivity index (χ1n) is 8.59. The molecule has 0 bridgehead atoms. The summed E-state index contributed by atoms with van der Waals surface area (Å²) in [7, 11) is 3.07. The van der Waals surface area contributed by atoms with Gasteiger partial charge in [0.25, 0.3) is 0 Å². The Labute approximate surface area is 156 Å². The number of carbonyl (C=O) groups is 2. The van der Waals surface area contributed by atoms with E-state index in [0.717, 1.165) is 5.56 Å². The van der Waals surface area contributed by atoms with Gasteiger partial charge in [0.05, 0.1) is 19.9 Å². The molecule has 0 unspecified atom stereocenters. The summed E-state index contributed by atoms with van der Waals surface area (Å²) >= 11 is 0. The zero-order valence-electron chi connectivity index (χ0n) is 15.2. The van der Waals surface area contributed by atoms with E-state index >= 15 is 0 Å². The van der Waals surface area contributed by atoms with Crippen molar-refractivity contribution >= 4 is 17.5 Å². The smallest absolute Gasteiger partial charge is 0.239 e. The summed E-state index contributed by atoms with van der Waals surface area (Å²) in [6.45, 7) is 0.655. The summed E-state index contributed by atoms with van der Waals surface area (Å²) < 4.78 is 23.5. The van der Waals surface area contributed by atoms with Gasteiger partial charge in [0.1, 0.15) is 23.2 Å². The molecule has 7 heteroatoms. The van der Waals surface area contributed by atoms with E-state index in [1.165, 1.54) is 19.2 Å². The van der Waals surface area contributed by atoms with E-state index in [2.05, 4.69) is 5.32 Å². The minimum atomic E-state index is -0.763. The first kappa shape index (κ1) is 18.7. The molecule has 1 saturated heterocycles. The molecule has 0 aliphatic carbocycles. The molecule has 2 amide bonds. The Hall–Kier alpha value is -3.09. The summed E-state index contributed by atoms with van der Waals surface area (Å²) in [5, 5.41) is 2.75. The molecule has 6 nitrogen and oxygen atoms in total. The van der Waals surface area contributed by atoms with Crippen LogP contribution >= 0.6 is 0 Å². The molecule has 1 fully saturated rings. The number of hydrogen-bond acceptors (Lipinski definition) is 4. The number of ether oxygens (including phenoxy) is 2. The number of benzene rings is 2. The Kier molecular flexibility index (Phi) is 5.59. The highest BCUT2D eigenvalue weighted by Gasteiger charge is 2.38. The van der Waals surface area contributed by atoms with Gasteiger partial charge in [0.2, 0.25) is 11.8 Å². The van der Waals surface area contributed by atoms with Gasteiger partial charge in [-0.3, -0.25) is 9.59 Å². The first-order valence-corrected chi connectivity index (χ1v) is 8.59. The average molecular weight is 372 g/mol. The van der Waals surface area contributed by atoms with Crippen LogP contribution in [-0.4, -0.2) is 32.6 Å². The lowest BCUT2D eigenvalue weighted by Crippen LogP contribution is -2.36. The predicted octanol–water partition coefficient (Wildman–Crippen LogP) is 2.51. The second kappa shape index (κ2) is 8.07. The van der Waals surface area contributed by atoms with E-state index in [1.54, 1.807) is 42.3 Å². The van der Waals surface area contributed by atoms with Crippen LogP contribution in [0.5, 0.6) is 11.5 Å². The Bertz CT molecular complexity index is 838. The van der Waals surface area contributed by atoms with Gasteiger partial charge >= 0.3 is 0 Å². The highest BCUT2D eigenvalue weighted by molar-refractivity contribution is 6.10. The van der Waals surface area contributed by atoms with Crippen LogP contribution in [0.2, 0.25) is 0 Å². The number of anilines is 1. The third-order valence-electron chi connectivity index (χ3n) is 4.58. The lowest BCUT2D eigenvalue weighted by atomic mass is 10.1. The zero-order valence-corrected chi connectivity index (χ0v) is 15.2. The Morgan fingerprint density at radius 1 is 1.19 bits per heavy atom.